The summed E-state index contributed by atoms with van der Waals surface area (Å²) in [6, 6.07) is 7.39. The number of aromatic nitrogens is 2. The van der Waals surface area contributed by atoms with Crippen LogP contribution in [-0.2, 0) is 11.3 Å². The predicted octanol–water partition coefficient (Wildman–Crippen LogP) is 3.75. The number of nitrogens with one attached hydrogen (secondary N) is 1. The van der Waals surface area contributed by atoms with E-state index in [0.29, 0.717) is 23.4 Å². The number of carbonyl (C=O) groups is 1. The first kappa shape index (κ1) is 20.1. The molecule has 1 unspecified atom stereocenters. The average molecular weight is 357 g/mol. The number of para-hydroxylation sites is 1. The van der Waals surface area contributed by atoms with Crippen molar-refractivity contribution in [3.8, 4) is 0 Å². The molecular formula is C21H31N3O2. The third-order valence-corrected chi connectivity index (χ3v) is 4.72. The third-order valence-electron chi connectivity index (χ3n) is 4.72. The number of aryl methyl sites for hydroxylation is 1. The number of benzene rings is 1. The Kier molecular flexibility index (Phi) is 6.57. The van der Waals surface area contributed by atoms with Crippen LogP contribution in [0.4, 0.5) is 0 Å². The molecule has 0 fully saturated rings. The Hall–Kier alpha value is -2.17. The number of rotatable bonds is 7. The van der Waals surface area contributed by atoms with E-state index in [9.17, 15) is 9.59 Å². The molecule has 5 heteroatoms. The van der Waals surface area contributed by atoms with Crippen molar-refractivity contribution >= 4 is 16.8 Å². The Balaban J connectivity index is 2.01. The fourth-order valence-electron chi connectivity index (χ4n) is 2.98. The van der Waals surface area contributed by atoms with Gasteiger partial charge in [0, 0.05) is 19.0 Å². The molecular weight excluding hydrogens is 326 g/mol. The van der Waals surface area contributed by atoms with E-state index in [1.165, 1.54) is 10.9 Å². The molecule has 1 N–H and O–H groups in total. The van der Waals surface area contributed by atoms with Crippen LogP contribution in [0.25, 0.3) is 10.9 Å². The molecule has 0 saturated carbocycles. The van der Waals surface area contributed by atoms with Crippen molar-refractivity contribution in [1.82, 2.24) is 14.9 Å². The highest BCUT2D eigenvalue weighted by molar-refractivity contribution is 5.77. The maximum atomic E-state index is 12.5. The molecule has 0 aliphatic carbocycles. The molecule has 1 aromatic carbocycles. The van der Waals surface area contributed by atoms with E-state index in [1.807, 2.05) is 18.2 Å². The van der Waals surface area contributed by atoms with Crippen molar-refractivity contribution in [3.63, 3.8) is 0 Å². The number of hydrogen-bond acceptors (Lipinski definition) is 3. The Morgan fingerprint density at radius 3 is 2.54 bits per heavy atom. The highest BCUT2D eigenvalue weighted by atomic mass is 16.2. The minimum absolute atomic E-state index is 0.00585. The van der Waals surface area contributed by atoms with Gasteiger partial charge in [0.15, 0.2) is 0 Å². The Morgan fingerprint density at radius 1 is 1.19 bits per heavy atom. The molecule has 0 aliphatic heterocycles. The third kappa shape index (κ3) is 5.41. The maximum Gasteiger partial charge on any atom is 0.261 e. The molecule has 0 aliphatic rings. The summed E-state index contributed by atoms with van der Waals surface area (Å²) >= 11 is 0. The van der Waals surface area contributed by atoms with Gasteiger partial charge in [-0.2, -0.15) is 0 Å². The summed E-state index contributed by atoms with van der Waals surface area (Å²) in [6.45, 7) is 11.2. The largest absolute Gasteiger partial charge is 0.353 e. The Labute approximate surface area is 155 Å². The van der Waals surface area contributed by atoms with Gasteiger partial charge >= 0.3 is 0 Å². The van der Waals surface area contributed by atoms with Gasteiger partial charge in [-0.05, 0) is 36.3 Å². The lowest BCUT2D eigenvalue weighted by Crippen LogP contribution is -2.44. The minimum atomic E-state index is -0.101. The van der Waals surface area contributed by atoms with E-state index in [0.717, 1.165) is 12.8 Å². The highest BCUT2D eigenvalue weighted by Crippen LogP contribution is 2.24. The zero-order valence-corrected chi connectivity index (χ0v) is 16.6. The van der Waals surface area contributed by atoms with Gasteiger partial charge in [-0.3, -0.25) is 14.2 Å². The number of amides is 1. The lowest BCUT2D eigenvalue weighted by Gasteiger charge is -2.32. The van der Waals surface area contributed by atoms with Crippen LogP contribution in [0.2, 0.25) is 0 Å². The summed E-state index contributed by atoms with van der Waals surface area (Å²) < 4.78 is 1.52. The normalized spacial score (nSPS) is 13.2. The summed E-state index contributed by atoms with van der Waals surface area (Å²) in [4.78, 5) is 29.2. The smallest absolute Gasteiger partial charge is 0.261 e. The van der Waals surface area contributed by atoms with Crippen LogP contribution in [-0.4, -0.2) is 21.5 Å². The van der Waals surface area contributed by atoms with Crippen molar-refractivity contribution in [2.75, 3.05) is 0 Å². The topological polar surface area (TPSA) is 64.0 Å². The highest BCUT2D eigenvalue weighted by Gasteiger charge is 2.26. The van der Waals surface area contributed by atoms with Crippen LogP contribution < -0.4 is 10.9 Å². The second-order valence-electron chi connectivity index (χ2n) is 8.47. The summed E-state index contributed by atoms with van der Waals surface area (Å²) in [6.07, 6.45) is 3.84. The SMILES string of the molecule is CC(C)CCC(NC(=O)CCn1cnc2ccccc2c1=O)C(C)(C)C. The second-order valence-corrected chi connectivity index (χ2v) is 8.47. The molecule has 0 saturated heterocycles. The van der Waals surface area contributed by atoms with Gasteiger partial charge in [0.1, 0.15) is 0 Å². The predicted molar refractivity (Wildman–Crippen MR) is 106 cm³/mol. The quantitative estimate of drug-likeness (QED) is 0.821. The number of hydrogen-bond donors (Lipinski definition) is 1. The van der Waals surface area contributed by atoms with Crippen LogP contribution in [0.3, 0.4) is 0 Å². The second kappa shape index (κ2) is 8.47. The molecule has 0 radical (unpaired) electrons. The summed E-state index contributed by atoms with van der Waals surface area (Å²) in [5.41, 5.74) is 0.585. The molecule has 1 heterocycles. The average Bonchev–Trinajstić information content (AvgIpc) is 2.57. The zero-order valence-electron chi connectivity index (χ0n) is 16.6. The van der Waals surface area contributed by atoms with Crippen molar-refractivity contribution < 1.29 is 4.79 Å². The Morgan fingerprint density at radius 2 is 1.88 bits per heavy atom. The number of nitrogens with zero attached hydrogens (tertiary/aromatic N) is 2. The molecule has 2 rings (SSSR count). The standard InChI is InChI=1S/C21H31N3O2/c1-15(2)10-11-18(21(3,4)5)23-19(25)12-13-24-14-22-17-9-7-6-8-16(17)20(24)26/h6-9,14-15,18H,10-13H2,1-5H3,(H,23,25). The van der Waals surface area contributed by atoms with E-state index < -0.39 is 0 Å². The van der Waals surface area contributed by atoms with Gasteiger partial charge in [0.2, 0.25) is 5.91 Å². The molecule has 142 valence electrons. The van der Waals surface area contributed by atoms with Crippen LogP contribution in [0.1, 0.15) is 53.9 Å². The molecule has 2 aromatic rings. The molecule has 0 spiro atoms. The van der Waals surface area contributed by atoms with Gasteiger partial charge < -0.3 is 5.32 Å². The van der Waals surface area contributed by atoms with Crippen molar-refractivity contribution in [2.24, 2.45) is 11.3 Å². The fraction of sp³-hybridized carbons (Fsp3) is 0.571. The molecule has 0 bridgehead atoms. The van der Waals surface area contributed by atoms with Crippen LogP contribution >= 0.6 is 0 Å². The number of fused-ring (bicyclic) bond motifs is 1. The summed E-state index contributed by atoms with van der Waals surface area (Å²) in [5.74, 6) is 0.591. The van der Waals surface area contributed by atoms with E-state index in [4.69, 9.17) is 0 Å². The zero-order chi connectivity index (χ0) is 19.3. The van der Waals surface area contributed by atoms with Crippen LogP contribution in [0, 0.1) is 11.3 Å². The first-order valence-electron chi connectivity index (χ1n) is 9.42. The van der Waals surface area contributed by atoms with Crippen LogP contribution in [0.5, 0.6) is 0 Å². The summed E-state index contributed by atoms with van der Waals surface area (Å²) in [7, 11) is 0. The molecule has 1 atom stereocenters. The van der Waals surface area contributed by atoms with Crippen LogP contribution in [0.15, 0.2) is 35.4 Å². The van der Waals surface area contributed by atoms with Crippen molar-refractivity contribution in [1.29, 1.82) is 0 Å². The maximum absolute atomic E-state index is 12.5. The van der Waals surface area contributed by atoms with Gasteiger partial charge in [0.05, 0.1) is 17.2 Å². The van der Waals surface area contributed by atoms with Crippen molar-refractivity contribution in [2.45, 2.75) is 66.5 Å². The first-order valence-corrected chi connectivity index (χ1v) is 9.42. The van der Waals surface area contributed by atoms with Gasteiger partial charge in [-0.25, -0.2) is 4.98 Å². The van der Waals surface area contributed by atoms with E-state index in [-0.39, 0.29) is 29.3 Å². The first-order chi connectivity index (χ1) is 12.2. The fourth-order valence-corrected chi connectivity index (χ4v) is 2.98. The molecule has 1 aromatic heterocycles. The molecule has 1 amide bonds. The van der Waals surface area contributed by atoms with Gasteiger partial charge in [-0.1, -0.05) is 46.8 Å². The van der Waals surface area contributed by atoms with Gasteiger partial charge in [0.25, 0.3) is 5.56 Å². The Bertz CT molecular complexity index is 803. The van der Waals surface area contributed by atoms with E-state index >= 15 is 0 Å². The minimum Gasteiger partial charge on any atom is -0.353 e. The lowest BCUT2D eigenvalue weighted by molar-refractivity contribution is -0.122. The summed E-state index contributed by atoms with van der Waals surface area (Å²) in [5, 5.41) is 3.75. The van der Waals surface area contributed by atoms with Gasteiger partial charge in [-0.15, -0.1) is 0 Å². The number of carbonyl (C=O) groups excluding carboxylic acids is 1. The van der Waals surface area contributed by atoms with Crippen molar-refractivity contribution in [3.05, 3.63) is 40.9 Å². The van der Waals surface area contributed by atoms with E-state index in [1.54, 1.807) is 6.07 Å². The molecule has 5 nitrogen and oxygen atoms in total. The lowest BCUT2D eigenvalue weighted by atomic mass is 9.82. The van der Waals surface area contributed by atoms with E-state index in [2.05, 4.69) is 44.9 Å². The monoisotopic (exact) mass is 357 g/mol. The molecule has 26 heavy (non-hydrogen) atoms.